The highest BCUT2D eigenvalue weighted by Crippen LogP contribution is 2.34. The minimum atomic E-state index is -3.31. The van der Waals surface area contributed by atoms with E-state index in [2.05, 4.69) is 0 Å². The van der Waals surface area contributed by atoms with Crippen molar-refractivity contribution in [3.63, 3.8) is 0 Å². The Morgan fingerprint density at radius 3 is 2.09 bits per heavy atom. The average molecular weight is 486 g/mol. The topological polar surface area (TPSA) is 54.5 Å². The van der Waals surface area contributed by atoms with Gasteiger partial charge in [0.1, 0.15) is 0 Å². The zero-order valence-electron chi connectivity index (χ0n) is 17.4. The van der Waals surface area contributed by atoms with Crippen molar-refractivity contribution in [1.29, 1.82) is 0 Å². The lowest BCUT2D eigenvalue weighted by Crippen LogP contribution is -2.25. The maximum atomic E-state index is 13.4. The third-order valence-electron chi connectivity index (χ3n) is 5.50. The van der Waals surface area contributed by atoms with Gasteiger partial charge in [-0.15, -0.1) is 0 Å². The summed E-state index contributed by atoms with van der Waals surface area (Å²) in [4.78, 5) is 15.4. The number of nitrogens with zero attached hydrogens (tertiary/aromatic N) is 1. The van der Waals surface area contributed by atoms with Gasteiger partial charge in [0.2, 0.25) is 0 Å². The third-order valence-corrected chi connectivity index (χ3v) is 7.25. The lowest BCUT2D eigenvalue weighted by molar-refractivity contribution is -0.125. The summed E-state index contributed by atoms with van der Waals surface area (Å²) >= 11 is 12.4. The highest BCUT2D eigenvalue weighted by Gasteiger charge is 2.30. The lowest BCUT2D eigenvalue weighted by atomic mass is 9.92. The van der Waals surface area contributed by atoms with Crippen LogP contribution in [0.1, 0.15) is 23.1 Å². The van der Waals surface area contributed by atoms with Gasteiger partial charge in [0, 0.05) is 35.0 Å². The van der Waals surface area contributed by atoms with E-state index < -0.39 is 9.84 Å². The van der Waals surface area contributed by atoms with Gasteiger partial charge in [-0.3, -0.25) is 4.79 Å². The molecule has 4 nitrogen and oxygen atoms in total. The summed E-state index contributed by atoms with van der Waals surface area (Å²) in [6.07, 6.45) is 1.75. The first kappa shape index (κ1) is 22.6. The number of amides is 1. The quantitative estimate of drug-likeness (QED) is 0.439. The average Bonchev–Trinajstić information content (AvgIpc) is 3.11. The van der Waals surface area contributed by atoms with Gasteiger partial charge in [0.25, 0.3) is 5.91 Å². The molecule has 1 amide bonds. The second-order valence-corrected chi connectivity index (χ2v) is 10.6. The van der Waals surface area contributed by atoms with Crippen molar-refractivity contribution >= 4 is 44.5 Å². The molecule has 0 unspecified atom stereocenters. The van der Waals surface area contributed by atoms with E-state index in [1.807, 2.05) is 36.4 Å². The highest BCUT2D eigenvalue weighted by atomic mass is 35.5. The van der Waals surface area contributed by atoms with E-state index in [1.54, 1.807) is 41.3 Å². The minimum absolute atomic E-state index is 0.0536. The molecule has 0 radical (unpaired) electrons. The molecule has 0 aliphatic carbocycles. The van der Waals surface area contributed by atoms with E-state index in [0.29, 0.717) is 35.1 Å². The van der Waals surface area contributed by atoms with Crippen LogP contribution in [0.3, 0.4) is 0 Å². The van der Waals surface area contributed by atoms with Crippen LogP contribution < -0.4 is 0 Å². The van der Waals surface area contributed by atoms with Crippen molar-refractivity contribution in [3.05, 3.63) is 105 Å². The number of hydrogen-bond donors (Lipinski definition) is 0. The second kappa shape index (κ2) is 9.10. The molecular weight excluding hydrogens is 465 g/mol. The lowest BCUT2D eigenvalue weighted by Gasteiger charge is -2.17. The standard InChI is InChI=1S/C25H21Cl2NO3S/c1-32(30,31)21-12-8-18(9-13-21)24(17-6-10-20(26)11-7-17)22-14-15-28(25(22)29)16-19-4-2-3-5-23(19)27/h2-13H,14-16H2,1H3/b24-22+. The first-order valence-corrected chi connectivity index (χ1v) is 12.7. The van der Waals surface area contributed by atoms with Gasteiger partial charge < -0.3 is 4.90 Å². The van der Waals surface area contributed by atoms with E-state index in [0.717, 1.165) is 22.3 Å². The number of benzene rings is 3. The Kier molecular flexibility index (Phi) is 6.42. The number of sulfone groups is 1. The number of rotatable bonds is 5. The van der Waals surface area contributed by atoms with Crippen molar-refractivity contribution in [2.24, 2.45) is 0 Å². The molecule has 1 fully saturated rings. The Labute approximate surface area is 198 Å². The zero-order valence-corrected chi connectivity index (χ0v) is 19.7. The van der Waals surface area contributed by atoms with E-state index in [1.165, 1.54) is 6.26 Å². The third kappa shape index (κ3) is 4.75. The summed E-state index contributed by atoms with van der Waals surface area (Å²) in [5.41, 5.74) is 4.00. The molecular formula is C25H21Cl2NO3S. The largest absolute Gasteiger partial charge is 0.334 e. The SMILES string of the molecule is CS(=O)(=O)c1ccc(/C(=C2\CCN(Cc3ccccc3Cl)C2=O)c2ccc(Cl)cc2)cc1. The summed E-state index contributed by atoms with van der Waals surface area (Å²) < 4.78 is 23.8. The molecule has 32 heavy (non-hydrogen) atoms. The summed E-state index contributed by atoms with van der Waals surface area (Å²) in [6.45, 7) is 1.01. The molecule has 7 heteroatoms. The van der Waals surface area contributed by atoms with Crippen LogP contribution in [0.4, 0.5) is 0 Å². The van der Waals surface area contributed by atoms with E-state index >= 15 is 0 Å². The van der Waals surface area contributed by atoms with Crippen molar-refractivity contribution in [2.75, 3.05) is 12.8 Å². The van der Waals surface area contributed by atoms with Gasteiger partial charge in [-0.25, -0.2) is 8.42 Å². The Bertz CT molecular complexity index is 1300. The van der Waals surface area contributed by atoms with Crippen LogP contribution in [0, 0.1) is 0 Å². The fourth-order valence-corrected chi connectivity index (χ4v) is 4.81. The van der Waals surface area contributed by atoms with Gasteiger partial charge in [0.05, 0.1) is 4.90 Å². The van der Waals surface area contributed by atoms with E-state index in [9.17, 15) is 13.2 Å². The van der Waals surface area contributed by atoms with Crippen molar-refractivity contribution < 1.29 is 13.2 Å². The first-order chi connectivity index (χ1) is 15.2. The molecule has 0 bridgehead atoms. The summed E-state index contributed by atoms with van der Waals surface area (Å²) in [6, 6.07) is 21.4. The minimum Gasteiger partial charge on any atom is -0.334 e. The van der Waals surface area contributed by atoms with E-state index in [4.69, 9.17) is 23.2 Å². The van der Waals surface area contributed by atoms with Gasteiger partial charge in [-0.2, -0.15) is 0 Å². The Balaban J connectivity index is 1.76. The molecule has 3 aromatic carbocycles. The molecule has 0 N–H and O–H groups in total. The van der Waals surface area contributed by atoms with Crippen LogP contribution in [0.25, 0.3) is 5.57 Å². The second-order valence-electron chi connectivity index (χ2n) is 7.73. The molecule has 0 aromatic heterocycles. The molecule has 1 aliphatic rings. The normalized spacial score (nSPS) is 15.8. The van der Waals surface area contributed by atoms with Crippen LogP contribution >= 0.6 is 23.2 Å². The summed E-state index contributed by atoms with van der Waals surface area (Å²) in [5, 5.41) is 1.23. The molecule has 164 valence electrons. The molecule has 1 saturated heterocycles. The van der Waals surface area contributed by atoms with E-state index in [-0.39, 0.29) is 10.8 Å². The predicted molar refractivity (Wildman–Crippen MR) is 129 cm³/mol. The molecule has 0 saturated carbocycles. The Morgan fingerprint density at radius 2 is 1.50 bits per heavy atom. The fourth-order valence-electron chi connectivity index (χ4n) is 3.86. The highest BCUT2D eigenvalue weighted by molar-refractivity contribution is 7.90. The molecule has 3 aromatic rings. The Morgan fingerprint density at radius 1 is 0.906 bits per heavy atom. The summed E-state index contributed by atoms with van der Waals surface area (Å²) in [5.74, 6) is -0.0536. The molecule has 1 heterocycles. The maximum absolute atomic E-state index is 13.4. The number of hydrogen-bond acceptors (Lipinski definition) is 3. The van der Waals surface area contributed by atoms with Crippen molar-refractivity contribution in [3.8, 4) is 0 Å². The van der Waals surface area contributed by atoms with Crippen LogP contribution in [-0.2, 0) is 21.2 Å². The number of likely N-dealkylation sites (tertiary alicyclic amines) is 1. The smallest absolute Gasteiger partial charge is 0.250 e. The monoisotopic (exact) mass is 485 g/mol. The molecule has 0 spiro atoms. The molecule has 0 atom stereocenters. The van der Waals surface area contributed by atoms with Crippen LogP contribution in [-0.4, -0.2) is 32.0 Å². The van der Waals surface area contributed by atoms with Crippen molar-refractivity contribution in [2.45, 2.75) is 17.9 Å². The van der Waals surface area contributed by atoms with Gasteiger partial charge in [0.15, 0.2) is 9.84 Å². The number of halogens is 2. The number of carbonyl (C=O) groups excluding carboxylic acids is 1. The number of carbonyl (C=O) groups is 1. The zero-order chi connectivity index (χ0) is 22.9. The van der Waals surface area contributed by atoms with Gasteiger partial charge in [-0.1, -0.05) is 65.7 Å². The first-order valence-electron chi connectivity index (χ1n) is 10.1. The molecule has 1 aliphatic heterocycles. The van der Waals surface area contributed by atoms with Gasteiger partial charge in [-0.05, 0) is 59.0 Å². The summed E-state index contributed by atoms with van der Waals surface area (Å²) in [7, 11) is -3.31. The predicted octanol–water partition coefficient (Wildman–Crippen LogP) is 5.63. The van der Waals surface area contributed by atoms with Crippen LogP contribution in [0.2, 0.25) is 10.0 Å². The maximum Gasteiger partial charge on any atom is 0.250 e. The van der Waals surface area contributed by atoms with Crippen molar-refractivity contribution in [1.82, 2.24) is 4.90 Å². The van der Waals surface area contributed by atoms with Gasteiger partial charge >= 0.3 is 0 Å². The fraction of sp³-hybridized carbons (Fsp3) is 0.160. The van der Waals surface area contributed by atoms with Crippen LogP contribution in [0.15, 0.2) is 83.3 Å². The van der Waals surface area contributed by atoms with Crippen LogP contribution in [0.5, 0.6) is 0 Å². The Hall–Kier alpha value is -2.60. The molecule has 4 rings (SSSR count).